The molecule has 0 aromatic heterocycles. The van der Waals surface area contributed by atoms with E-state index >= 15 is 0 Å². The van der Waals surface area contributed by atoms with Gasteiger partial charge >= 0.3 is 0 Å². The number of hydrogen-bond acceptors (Lipinski definition) is 3. The molecule has 11 heavy (non-hydrogen) atoms. The topological polar surface area (TPSA) is 27.7 Å². The van der Waals surface area contributed by atoms with Crippen molar-refractivity contribution in [1.29, 1.82) is 0 Å². The molecule has 0 aliphatic carbocycles. The van der Waals surface area contributed by atoms with Gasteiger partial charge in [0.05, 0.1) is 19.3 Å². The highest BCUT2D eigenvalue weighted by atomic mass is 16.7. The van der Waals surface area contributed by atoms with Crippen LogP contribution in [0.25, 0.3) is 0 Å². The SMILES string of the molecule is C1COCC(OC2CCO2)C1. The van der Waals surface area contributed by atoms with Crippen molar-refractivity contribution in [1.82, 2.24) is 0 Å². The predicted molar refractivity (Wildman–Crippen MR) is 39.3 cm³/mol. The number of ether oxygens (including phenoxy) is 3. The van der Waals surface area contributed by atoms with E-state index in [4.69, 9.17) is 14.2 Å². The Hall–Kier alpha value is -0.120. The van der Waals surface area contributed by atoms with Crippen molar-refractivity contribution in [3.8, 4) is 0 Å². The fourth-order valence-corrected chi connectivity index (χ4v) is 1.35. The summed E-state index contributed by atoms with van der Waals surface area (Å²) in [5.41, 5.74) is 0. The summed E-state index contributed by atoms with van der Waals surface area (Å²) >= 11 is 0. The fourth-order valence-electron chi connectivity index (χ4n) is 1.35. The minimum absolute atomic E-state index is 0.0710. The fraction of sp³-hybridized carbons (Fsp3) is 1.00. The van der Waals surface area contributed by atoms with Crippen LogP contribution in [0.15, 0.2) is 0 Å². The third-order valence-electron chi connectivity index (χ3n) is 2.12. The highest BCUT2D eigenvalue weighted by Gasteiger charge is 2.24. The standard InChI is InChI=1S/C8H14O3/c1-2-7(6-9-4-1)11-8-3-5-10-8/h7-8H,1-6H2. The minimum atomic E-state index is 0.0710. The lowest BCUT2D eigenvalue weighted by molar-refractivity contribution is -0.248. The zero-order chi connectivity index (χ0) is 7.52. The normalized spacial score (nSPS) is 38.2. The van der Waals surface area contributed by atoms with Gasteiger partial charge in [-0.15, -0.1) is 0 Å². The molecule has 2 atom stereocenters. The molecule has 2 saturated heterocycles. The van der Waals surface area contributed by atoms with Gasteiger partial charge < -0.3 is 14.2 Å². The maximum Gasteiger partial charge on any atom is 0.160 e. The van der Waals surface area contributed by atoms with E-state index in [1.54, 1.807) is 0 Å². The highest BCUT2D eigenvalue weighted by Crippen LogP contribution is 2.18. The van der Waals surface area contributed by atoms with Gasteiger partial charge in [0.15, 0.2) is 6.29 Å². The lowest BCUT2D eigenvalue weighted by Crippen LogP contribution is -2.37. The summed E-state index contributed by atoms with van der Waals surface area (Å²) in [7, 11) is 0. The Morgan fingerprint density at radius 2 is 2.09 bits per heavy atom. The second-order valence-corrected chi connectivity index (χ2v) is 3.06. The quantitative estimate of drug-likeness (QED) is 0.598. The van der Waals surface area contributed by atoms with Gasteiger partial charge in [-0.05, 0) is 12.8 Å². The second kappa shape index (κ2) is 3.52. The van der Waals surface area contributed by atoms with E-state index in [-0.39, 0.29) is 12.4 Å². The lowest BCUT2D eigenvalue weighted by Gasteiger charge is -2.32. The van der Waals surface area contributed by atoms with E-state index in [1.165, 1.54) is 0 Å². The largest absolute Gasteiger partial charge is 0.379 e. The van der Waals surface area contributed by atoms with E-state index in [0.29, 0.717) is 0 Å². The van der Waals surface area contributed by atoms with E-state index in [0.717, 1.165) is 39.1 Å². The van der Waals surface area contributed by atoms with Crippen molar-refractivity contribution >= 4 is 0 Å². The molecule has 3 nitrogen and oxygen atoms in total. The van der Waals surface area contributed by atoms with Gasteiger partial charge in [-0.3, -0.25) is 0 Å². The molecule has 0 aromatic rings. The summed E-state index contributed by atoms with van der Waals surface area (Å²) in [6.45, 7) is 2.50. The van der Waals surface area contributed by atoms with Crippen molar-refractivity contribution in [3.63, 3.8) is 0 Å². The van der Waals surface area contributed by atoms with Crippen LogP contribution in [0.5, 0.6) is 0 Å². The van der Waals surface area contributed by atoms with Gasteiger partial charge in [0.1, 0.15) is 0 Å². The molecule has 64 valence electrons. The molecule has 2 heterocycles. The van der Waals surface area contributed by atoms with Crippen LogP contribution in [0, 0.1) is 0 Å². The molecule has 0 amide bonds. The minimum Gasteiger partial charge on any atom is -0.379 e. The molecule has 0 N–H and O–H groups in total. The summed E-state index contributed by atoms with van der Waals surface area (Å²) in [5, 5.41) is 0. The van der Waals surface area contributed by atoms with Crippen LogP contribution < -0.4 is 0 Å². The molecule has 0 bridgehead atoms. The van der Waals surface area contributed by atoms with Crippen molar-refractivity contribution in [3.05, 3.63) is 0 Å². The molecule has 2 unspecified atom stereocenters. The summed E-state index contributed by atoms with van der Waals surface area (Å²) in [5.74, 6) is 0. The Bertz CT molecular complexity index is 117. The van der Waals surface area contributed by atoms with Gasteiger partial charge in [0.2, 0.25) is 0 Å². The van der Waals surface area contributed by atoms with E-state index in [9.17, 15) is 0 Å². The molecule has 3 heteroatoms. The first-order chi connectivity index (χ1) is 5.45. The first-order valence-electron chi connectivity index (χ1n) is 4.30. The Labute approximate surface area is 66.6 Å². The second-order valence-electron chi connectivity index (χ2n) is 3.06. The lowest BCUT2D eigenvalue weighted by atomic mass is 10.2. The monoisotopic (exact) mass is 158 g/mol. The maximum atomic E-state index is 5.58. The first-order valence-corrected chi connectivity index (χ1v) is 4.30. The van der Waals surface area contributed by atoms with Crippen LogP contribution in [-0.2, 0) is 14.2 Å². The van der Waals surface area contributed by atoms with Crippen molar-refractivity contribution in [2.24, 2.45) is 0 Å². The number of hydrogen-bond donors (Lipinski definition) is 0. The smallest absolute Gasteiger partial charge is 0.160 e. The van der Waals surface area contributed by atoms with Crippen molar-refractivity contribution in [2.45, 2.75) is 31.7 Å². The Morgan fingerprint density at radius 1 is 1.18 bits per heavy atom. The van der Waals surface area contributed by atoms with Crippen LogP contribution in [0.3, 0.4) is 0 Å². The molecule has 0 saturated carbocycles. The third kappa shape index (κ3) is 1.92. The van der Waals surface area contributed by atoms with Crippen molar-refractivity contribution < 1.29 is 14.2 Å². The van der Waals surface area contributed by atoms with Gasteiger partial charge in [-0.25, -0.2) is 0 Å². The molecule has 0 aromatic carbocycles. The Morgan fingerprint density at radius 3 is 2.64 bits per heavy atom. The summed E-state index contributed by atoms with van der Waals surface area (Å²) < 4.78 is 16.0. The highest BCUT2D eigenvalue weighted by molar-refractivity contribution is 4.65. The number of rotatable bonds is 2. The average molecular weight is 158 g/mol. The summed E-state index contributed by atoms with van der Waals surface area (Å²) in [6.07, 6.45) is 3.66. The van der Waals surface area contributed by atoms with Crippen LogP contribution in [0.1, 0.15) is 19.3 Å². The van der Waals surface area contributed by atoms with Gasteiger partial charge in [0.25, 0.3) is 0 Å². The zero-order valence-corrected chi connectivity index (χ0v) is 6.62. The van der Waals surface area contributed by atoms with E-state index in [1.807, 2.05) is 0 Å². The predicted octanol–water partition coefficient (Wildman–Crippen LogP) is 0.928. The first kappa shape index (κ1) is 7.53. The van der Waals surface area contributed by atoms with Gasteiger partial charge in [-0.1, -0.05) is 0 Å². The van der Waals surface area contributed by atoms with Crippen LogP contribution in [-0.4, -0.2) is 32.2 Å². The third-order valence-corrected chi connectivity index (χ3v) is 2.12. The maximum absolute atomic E-state index is 5.58. The van der Waals surface area contributed by atoms with Gasteiger partial charge in [0, 0.05) is 13.0 Å². The molecule has 2 rings (SSSR count). The molecule has 2 aliphatic rings. The Balaban J connectivity index is 1.67. The average Bonchev–Trinajstić information content (AvgIpc) is 1.99. The van der Waals surface area contributed by atoms with E-state index < -0.39 is 0 Å². The van der Waals surface area contributed by atoms with Gasteiger partial charge in [-0.2, -0.15) is 0 Å². The molecular weight excluding hydrogens is 144 g/mol. The molecule has 2 fully saturated rings. The Kier molecular flexibility index (Phi) is 2.41. The van der Waals surface area contributed by atoms with Crippen LogP contribution >= 0.6 is 0 Å². The molecule has 0 radical (unpaired) electrons. The zero-order valence-electron chi connectivity index (χ0n) is 6.62. The van der Waals surface area contributed by atoms with Crippen molar-refractivity contribution in [2.75, 3.05) is 19.8 Å². The summed E-state index contributed by atoms with van der Waals surface area (Å²) in [4.78, 5) is 0. The van der Waals surface area contributed by atoms with E-state index in [2.05, 4.69) is 0 Å². The van der Waals surface area contributed by atoms with Crippen LogP contribution in [0.4, 0.5) is 0 Å². The summed E-state index contributed by atoms with van der Waals surface area (Å²) in [6, 6.07) is 0. The molecule has 0 spiro atoms. The molecular formula is C8H14O3. The van der Waals surface area contributed by atoms with Crippen LogP contribution in [0.2, 0.25) is 0 Å². The molecule has 2 aliphatic heterocycles.